The van der Waals surface area contributed by atoms with Gasteiger partial charge >= 0.3 is 5.97 Å². The van der Waals surface area contributed by atoms with Crippen LogP contribution >= 0.6 is 0 Å². The van der Waals surface area contributed by atoms with Crippen LogP contribution in [0.2, 0.25) is 0 Å². The van der Waals surface area contributed by atoms with E-state index >= 15 is 4.39 Å². The summed E-state index contributed by atoms with van der Waals surface area (Å²) in [4.78, 5) is 56.8. The summed E-state index contributed by atoms with van der Waals surface area (Å²) in [5.74, 6) is -2.09. The van der Waals surface area contributed by atoms with Crippen LogP contribution in [0.1, 0.15) is 70.0 Å². The summed E-state index contributed by atoms with van der Waals surface area (Å²) in [5.41, 5.74) is 0.143. The lowest BCUT2D eigenvalue weighted by molar-refractivity contribution is -0.164. The highest BCUT2D eigenvalue weighted by Crippen LogP contribution is 2.34. The molecule has 2 atom stereocenters. The van der Waals surface area contributed by atoms with Crippen molar-refractivity contribution in [2.75, 3.05) is 40.0 Å². The van der Waals surface area contributed by atoms with E-state index in [1.165, 1.54) is 49.1 Å². The number of aromatic nitrogens is 1. The Morgan fingerprint density at radius 3 is 2.32 bits per heavy atom. The van der Waals surface area contributed by atoms with Crippen LogP contribution in [0.4, 0.5) is 4.39 Å². The maximum absolute atomic E-state index is 15.4. The third-order valence-corrected chi connectivity index (χ3v) is 12.9. The van der Waals surface area contributed by atoms with E-state index in [2.05, 4.69) is 38.0 Å². The second-order valence-electron chi connectivity index (χ2n) is 17.7. The lowest BCUT2D eigenvalue weighted by Crippen LogP contribution is -2.54. The zero-order valence-corrected chi connectivity index (χ0v) is 38.2. The number of amides is 2. The third kappa shape index (κ3) is 11.6. The molecule has 2 amide bonds. The van der Waals surface area contributed by atoms with Crippen molar-refractivity contribution in [1.29, 1.82) is 0 Å². The number of nitrogens with zero attached hydrogens (tertiary/aromatic N) is 1. The first-order chi connectivity index (χ1) is 33.4. The van der Waals surface area contributed by atoms with Gasteiger partial charge in [-0.3, -0.25) is 19.3 Å². The number of hydrogen-bond donors (Lipinski definition) is 7. The summed E-state index contributed by atoms with van der Waals surface area (Å²) in [5, 5.41) is 42.5. The number of carbonyl (C=O) groups excluding carboxylic acids is 3. The SMILES string of the molecule is COc1cc(C(=O)NC2CC(NC(=O)COc3cccc(C(O)(C(=O)OCC4CCN(Cc5ccccc5)CC4)c4ccccc4)c3)C2)c(F)cc1CNC[C@H](O)c1ccc(O)c2[nH]c(=O)ccc12. The van der Waals surface area contributed by atoms with E-state index < -0.39 is 40.9 Å². The molecular formula is C53H56FN5O10. The number of halogens is 1. The monoisotopic (exact) mass is 941 g/mol. The van der Waals surface area contributed by atoms with Gasteiger partial charge in [-0.15, -0.1) is 0 Å². The van der Waals surface area contributed by atoms with Gasteiger partial charge in [0, 0.05) is 54.3 Å². The highest BCUT2D eigenvalue weighted by atomic mass is 19.1. The number of esters is 1. The molecule has 360 valence electrons. The molecule has 2 heterocycles. The predicted molar refractivity (Wildman–Crippen MR) is 255 cm³/mol. The Kier molecular flexibility index (Phi) is 15.3. The van der Waals surface area contributed by atoms with Gasteiger partial charge in [-0.25, -0.2) is 9.18 Å². The van der Waals surface area contributed by atoms with Crippen LogP contribution in [-0.2, 0) is 33.0 Å². The summed E-state index contributed by atoms with van der Waals surface area (Å²) in [6, 6.07) is 32.9. The summed E-state index contributed by atoms with van der Waals surface area (Å²) < 4.78 is 32.5. The van der Waals surface area contributed by atoms with E-state index in [1.807, 2.05) is 18.2 Å². The number of phenolic OH excluding ortho intramolecular Hbond substituents is 1. The van der Waals surface area contributed by atoms with Crippen LogP contribution in [0.3, 0.4) is 0 Å². The molecule has 0 spiro atoms. The summed E-state index contributed by atoms with van der Waals surface area (Å²) in [6.07, 6.45) is 1.49. The van der Waals surface area contributed by atoms with Crippen molar-refractivity contribution in [1.82, 2.24) is 25.8 Å². The van der Waals surface area contributed by atoms with E-state index in [4.69, 9.17) is 14.2 Å². The Bertz CT molecular complexity index is 2820. The number of pyridine rings is 1. The Balaban J connectivity index is 0.793. The number of phenols is 1. The molecule has 0 bridgehead atoms. The summed E-state index contributed by atoms with van der Waals surface area (Å²) in [6.45, 7) is 2.58. The molecule has 6 aromatic rings. The number of fused-ring (bicyclic) bond motifs is 1. The van der Waals surface area contributed by atoms with Crippen molar-refractivity contribution in [3.63, 3.8) is 0 Å². The molecule has 1 unspecified atom stereocenters. The predicted octanol–water partition coefficient (Wildman–Crippen LogP) is 5.35. The minimum Gasteiger partial charge on any atom is -0.506 e. The van der Waals surface area contributed by atoms with Gasteiger partial charge in [0.15, 0.2) is 6.61 Å². The van der Waals surface area contributed by atoms with Crippen LogP contribution in [0.5, 0.6) is 17.2 Å². The fourth-order valence-electron chi connectivity index (χ4n) is 8.98. The number of nitrogens with one attached hydrogen (secondary N) is 4. The topological polar surface area (TPSA) is 212 Å². The van der Waals surface area contributed by atoms with Crippen molar-refractivity contribution in [2.24, 2.45) is 5.92 Å². The number of aliphatic hydroxyl groups is 2. The Labute approximate surface area is 398 Å². The summed E-state index contributed by atoms with van der Waals surface area (Å²) in [7, 11) is 1.40. The van der Waals surface area contributed by atoms with Crippen molar-refractivity contribution < 1.29 is 48.3 Å². The highest BCUT2D eigenvalue weighted by Gasteiger charge is 2.42. The Morgan fingerprint density at radius 2 is 1.58 bits per heavy atom. The van der Waals surface area contributed by atoms with Crippen molar-refractivity contribution >= 4 is 28.7 Å². The molecule has 8 rings (SSSR count). The summed E-state index contributed by atoms with van der Waals surface area (Å²) >= 11 is 0. The molecule has 1 saturated carbocycles. The number of carbonyl (C=O) groups is 3. The molecule has 2 fully saturated rings. The van der Waals surface area contributed by atoms with Crippen LogP contribution in [0.25, 0.3) is 10.9 Å². The second kappa shape index (κ2) is 21.9. The number of benzene rings is 5. The maximum atomic E-state index is 15.4. The lowest BCUT2D eigenvalue weighted by atomic mass is 9.86. The smallest absolute Gasteiger partial charge is 0.347 e. The van der Waals surface area contributed by atoms with E-state index in [0.717, 1.165) is 32.5 Å². The largest absolute Gasteiger partial charge is 0.506 e. The molecule has 15 nitrogen and oxygen atoms in total. The van der Waals surface area contributed by atoms with Crippen LogP contribution in [0.15, 0.2) is 126 Å². The number of aliphatic hydroxyl groups excluding tert-OH is 1. The number of aromatic hydroxyl groups is 1. The number of hydrogen-bond acceptors (Lipinski definition) is 12. The fourth-order valence-corrected chi connectivity index (χ4v) is 8.98. The molecule has 2 aliphatic rings. The molecule has 16 heteroatoms. The van der Waals surface area contributed by atoms with Crippen molar-refractivity contribution in [3.05, 3.63) is 171 Å². The molecule has 1 aromatic heterocycles. The molecule has 69 heavy (non-hydrogen) atoms. The van der Waals surface area contributed by atoms with Gasteiger partial charge < -0.3 is 50.5 Å². The van der Waals surface area contributed by atoms with Gasteiger partial charge in [0.05, 0.1) is 30.9 Å². The van der Waals surface area contributed by atoms with Gasteiger partial charge in [0.25, 0.3) is 11.8 Å². The zero-order valence-electron chi connectivity index (χ0n) is 38.2. The van der Waals surface area contributed by atoms with E-state index in [0.29, 0.717) is 34.9 Å². The average Bonchev–Trinajstić information content (AvgIpc) is 3.35. The van der Waals surface area contributed by atoms with Crippen molar-refractivity contribution in [3.8, 4) is 17.2 Å². The van der Waals surface area contributed by atoms with Crippen LogP contribution in [0, 0.1) is 11.7 Å². The highest BCUT2D eigenvalue weighted by molar-refractivity contribution is 5.95. The quantitative estimate of drug-likeness (QED) is 0.0513. The van der Waals surface area contributed by atoms with E-state index in [-0.39, 0.29) is 78.2 Å². The maximum Gasteiger partial charge on any atom is 0.347 e. The average molecular weight is 942 g/mol. The number of rotatable bonds is 19. The normalized spacial score (nSPS) is 17.5. The minimum atomic E-state index is -2.14. The number of methoxy groups -OCH3 is 1. The van der Waals surface area contributed by atoms with Gasteiger partial charge in [-0.2, -0.15) is 0 Å². The molecule has 1 aliphatic carbocycles. The van der Waals surface area contributed by atoms with Crippen LogP contribution in [-0.4, -0.2) is 95.0 Å². The minimum absolute atomic E-state index is 0.0402. The first kappa shape index (κ1) is 48.4. The number of aromatic amines is 1. The molecule has 5 aromatic carbocycles. The van der Waals surface area contributed by atoms with Crippen molar-refractivity contribution in [2.45, 2.75) is 62.6 Å². The molecule has 7 N–H and O–H groups in total. The Hall–Kier alpha value is -7.11. The van der Waals surface area contributed by atoms with Gasteiger partial charge in [0.1, 0.15) is 23.1 Å². The third-order valence-electron chi connectivity index (χ3n) is 12.9. The standard InChI is InChI=1S/C53H56FN5O10/c1-67-47-27-43(44(54)23-35(47)28-55-29-46(61)41-15-17-45(60)50-42(41)16-18-48(62)58-50)51(64)57-39-25-38(26-39)56-49(63)32-68-40-14-8-13-37(24-40)53(66,36-11-6-3-7-12-36)52(65)69-31-34-19-21-59(22-20-34)30-33-9-4-2-5-10-33/h2-18,23-24,27,34,38-39,46,55,60-61,66H,19-22,25-26,28-32H2,1H3,(H,56,63)(H,57,64)(H,58,62)/t38?,39?,46-,53?/m0/s1. The van der Waals surface area contributed by atoms with Crippen LogP contribution < -0.4 is 31.0 Å². The zero-order chi connectivity index (χ0) is 48.5. The van der Waals surface area contributed by atoms with Gasteiger partial charge in [0.2, 0.25) is 11.2 Å². The van der Waals surface area contributed by atoms with Gasteiger partial charge in [-0.1, -0.05) is 78.9 Å². The number of piperidine rings is 1. The molecule has 0 radical (unpaired) electrons. The first-order valence-electron chi connectivity index (χ1n) is 23.0. The lowest BCUT2D eigenvalue weighted by Gasteiger charge is -2.36. The fraction of sp³-hybridized carbons (Fsp3) is 0.321. The second-order valence-corrected chi connectivity index (χ2v) is 17.7. The number of ether oxygens (including phenoxy) is 3. The molecule has 1 aliphatic heterocycles. The van der Waals surface area contributed by atoms with E-state index in [1.54, 1.807) is 54.6 Å². The molecular weight excluding hydrogens is 886 g/mol. The Morgan fingerprint density at radius 1 is 0.870 bits per heavy atom. The number of likely N-dealkylation sites (tertiary alicyclic amines) is 1. The van der Waals surface area contributed by atoms with Gasteiger partial charge in [-0.05, 0) is 97.8 Å². The molecule has 1 saturated heterocycles. The van der Waals surface area contributed by atoms with E-state index in [9.17, 15) is 34.5 Å². The number of H-pyrrole nitrogens is 1. The first-order valence-corrected chi connectivity index (χ1v) is 23.0.